The van der Waals surface area contributed by atoms with Gasteiger partial charge in [-0.05, 0) is 31.5 Å². The predicted molar refractivity (Wildman–Crippen MR) is 79.8 cm³/mol. The van der Waals surface area contributed by atoms with Crippen molar-refractivity contribution >= 4 is 5.69 Å². The Bertz CT molecular complexity index is 400. The van der Waals surface area contributed by atoms with Crippen LogP contribution < -0.4 is 10.2 Å². The number of rotatable bonds is 6. The van der Waals surface area contributed by atoms with Crippen LogP contribution in [0.2, 0.25) is 0 Å². The predicted octanol–water partition coefficient (Wildman–Crippen LogP) is 1.07. The van der Waals surface area contributed by atoms with Crippen molar-refractivity contribution in [2.75, 3.05) is 24.5 Å². The average molecular weight is 279 g/mol. The molecule has 0 saturated carbocycles. The summed E-state index contributed by atoms with van der Waals surface area (Å²) in [6.07, 6.45) is 2.62. The van der Waals surface area contributed by atoms with Crippen LogP contribution in [0, 0.1) is 0 Å². The molecule has 20 heavy (non-hydrogen) atoms. The van der Waals surface area contributed by atoms with E-state index in [9.17, 15) is 10.2 Å². The molecule has 1 fully saturated rings. The van der Waals surface area contributed by atoms with E-state index in [1.54, 1.807) is 0 Å². The van der Waals surface area contributed by atoms with E-state index < -0.39 is 12.2 Å². The summed E-state index contributed by atoms with van der Waals surface area (Å²) in [7, 11) is 0. The van der Waals surface area contributed by atoms with E-state index in [4.69, 9.17) is 0 Å². The fraction of sp³-hybridized carbons (Fsp3) is 0.667. The summed E-state index contributed by atoms with van der Waals surface area (Å²) < 4.78 is 0. The number of anilines is 1. The molecule has 0 aromatic carbocycles. The number of nitrogens with zero attached hydrogens (tertiary/aromatic N) is 2. The van der Waals surface area contributed by atoms with Gasteiger partial charge in [0.1, 0.15) is 0 Å². The SMILES string of the molecule is CCCNC(CC)c1ccc(N2CC(O)C(O)C2)cn1. The Hall–Kier alpha value is -1.17. The molecule has 0 radical (unpaired) electrons. The summed E-state index contributed by atoms with van der Waals surface area (Å²) in [6, 6.07) is 4.34. The minimum atomic E-state index is -0.663. The summed E-state index contributed by atoms with van der Waals surface area (Å²) in [4.78, 5) is 6.49. The van der Waals surface area contributed by atoms with E-state index in [2.05, 4.69) is 24.1 Å². The minimum absolute atomic E-state index is 0.291. The zero-order chi connectivity index (χ0) is 14.5. The number of aromatic nitrogens is 1. The fourth-order valence-electron chi connectivity index (χ4n) is 2.55. The van der Waals surface area contributed by atoms with Gasteiger partial charge in [0.05, 0.1) is 29.8 Å². The van der Waals surface area contributed by atoms with Gasteiger partial charge < -0.3 is 20.4 Å². The molecule has 0 bridgehead atoms. The third-order valence-corrected chi connectivity index (χ3v) is 3.80. The molecule has 1 aliphatic rings. The lowest BCUT2D eigenvalue weighted by atomic mass is 10.1. The van der Waals surface area contributed by atoms with E-state index >= 15 is 0 Å². The number of aliphatic hydroxyl groups is 2. The second-order valence-electron chi connectivity index (χ2n) is 5.40. The smallest absolute Gasteiger partial charge is 0.0990 e. The van der Waals surface area contributed by atoms with Crippen molar-refractivity contribution in [3.05, 3.63) is 24.0 Å². The maximum atomic E-state index is 9.59. The molecule has 3 atom stereocenters. The average Bonchev–Trinajstić information content (AvgIpc) is 2.80. The largest absolute Gasteiger partial charge is 0.389 e. The topological polar surface area (TPSA) is 68.6 Å². The number of nitrogens with one attached hydrogen (secondary N) is 1. The monoisotopic (exact) mass is 279 g/mol. The van der Waals surface area contributed by atoms with Gasteiger partial charge in [-0.3, -0.25) is 4.98 Å². The molecule has 5 nitrogen and oxygen atoms in total. The van der Waals surface area contributed by atoms with Gasteiger partial charge in [0, 0.05) is 19.1 Å². The van der Waals surface area contributed by atoms with E-state index in [0.717, 1.165) is 30.8 Å². The summed E-state index contributed by atoms with van der Waals surface area (Å²) in [5, 5.41) is 22.7. The molecule has 3 unspecified atom stereocenters. The second kappa shape index (κ2) is 7.02. The molecule has 1 saturated heterocycles. The van der Waals surface area contributed by atoms with Crippen molar-refractivity contribution in [1.82, 2.24) is 10.3 Å². The Labute approximate surface area is 120 Å². The molecule has 2 heterocycles. The Morgan fingerprint density at radius 3 is 2.50 bits per heavy atom. The fourth-order valence-corrected chi connectivity index (χ4v) is 2.55. The zero-order valence-electron chi connectivity index (χ0n) is 12.3. The Morgan fingerprint density at radius 1 is 1.30 bits per heavy atom. The first-order valence-corrected chi connectivity index (χ1v) is 7.46. The van der Waals surface area contributed by atoms with Gasteiger partial charge in [-0.2, -0.15) is 0 Å². The normalized spacial score (nSPS) is 24.1. The maximum absolute atomic E-state index is 9.59. The van der Waals surface area contributed by atoms with Crippen molar-refractivity contribution in [2.24, 2.45) is 0 Å². The second-order valence-corrected chi connectivity index (χ2v) is 5.40. The van der Waals surface area contributed by atoms with Crippen LogP contribution in [0.25, 0.3) is 0 Å². The lowest BCUT2D eigenvalue weighted by molar-refractivity contribution is 0.0572. The highest BCUT2D eigenvalue weighted by atomic mass is 16.3. The molecule has 0 spiro atoms. The highest BCUT2D eigenvalue weighted by molar-refractivity contribution is 5.46. The first-order chi connectivity index (χ1) is 9.65. The summed E-state index contributed by atoms with van der Waals surface area (Å²) in [5.41, 5.74) is 2.00. The van der Waals surface area contributed by atoms with Gasteiger partial charge in [-0.15, -0.1) is 0 Å². The number of aliphatic hydroxyl groups excluding tert-OH is 2. The third kappa shape index (κ3) is 3.48. The van der Waals surface area contributed by atoms with E-state index in [0.29, 0.717) is 19.1 Å². The van der Waals surface area contributed by atoms with Crippen molar-refractivity contribution in [1.29, 1.82) is 0 Å². The summed E-state index contributed by atoms with van der Waals surface area (Å²) >= 11 is 0. The molecule has 5 heteroatoms. The van der Waals surface area contributed by atoms with E-state index in [1.807, 2.05) is 23.2 Å². The molecule has 1 aromatic heterocycles. The minimum Gasteiger partial charge on any atom is -0.389 e. The molecule has 112 valence electrons. The van der Waals surface area contributed by atoms with E-state index in [1.165, 1.54) is 0 Å². The molecule has 3 N–H and O–H groups in total. The van der Waals surface area contributed by atoms with Gasteiger partial charge in [0.25, 0.3) is 0 Å². The van der Waals surface area contributed by atoms with Crippen molar-refractivity contribution in [3.63, 3.8) is 0 Å². The maximum Gasteiger partial charge on any atom is 0.0990 e. The van der Waals surface area contributed by atoms with Crippen LogP contribution in [0.1, 0.15) is 38.4 Å². The Kier molecular flexibility index (Phi) is 5.34. The van der Waals surface area contributed by atoms with Gasteiger partial charge in [0.2, 0.25) is 0 Å². The Balaban J connectivity index is 2.02. The standard InChI is InChI=1S/C15H25N3O2/c1-3-7-16-12(4-2)13-6-5-11(8-17-13)18-9-14(19)15(20)10-18/h5-6,8,12,14-16,19-20H,3-4,7,9-10H2,1-2H3. The molecule has 0 aliphatic carbocycles. The first kappa shape index (κ1) is 15.2. The zero-order valence-corrected chi connectivity index (χ0v) is 12.3. The van der Waals surface area contributed by atoms with Crippen LogP contribution in [0.5, 0.6) is 0 Å². The quantitative estimate of drug-likeness (QED) is 0.727. The highest BCUT2D eigenvalue weighted by Crippen LogP contribution is 2.22. The lowest BCUT2D eigenvalue weighted by Crippen LogP contribution is -2.23. The molecule has 1 aromatic rings. The molecular weight excluding hydrogens is 254 g/mol. The van der Waals surface area contributed by atoms with Crippen LogP contribution in [-0.2, 0) is 0 Å². The Morgan fingerprint density at radius 2 is 2.00 bits per heavy atom. The molecule has 2 rings (SSSR count). The number of β-amino-alcohol motifs (C(OH)–C–C–N with tert-alkyl or cyclic N) is 2. The van der Waals surface area contributed by atoms with Crippen molar-refractivity contribution < 1.29 is 10.2 Å². The van der Waals surface area contributed by atoms with Crippen LogP contribution in [0.3, 0.4) is 0 Å². The highest BCUT2D eigenvalue weighted by Gasteiger charge is 2.29. The van der Waals surface area contributed by atoms with Gasteiger partial charge in [-0.1, -0.05) is 13.8 Å². The molecule has 0 amide bonds. The van der Waals surface area contributed by atoms with Gasteiger partial charge in [0.15, 0.2) is 0 Å². The van der Waals surface area contributed by atoms with Crippen LogP contribution in [0.4, 0.5) is 5.69 Å². The van der Waals surface area contributed by atoms with Crippen molar-refractivity contribution in [3.8, 4) is 0 Å². The third-order valence-electron chi connectivity index (χ3n) is 3.80. The van der Waals surface area contributed by atoms with Gasteiger partial charge in [-0.25, -0.2) is 0 Å². The summed E-state index contributed by atoms with van der Waals surface area (Å²) in [6.45, 7) is 6.23. The van der Waals surface area contributed by atoms with Crippen LogP contribution >= 0.6 is 0 Å². The number of hydrogen-bond donors (Lipinski definition) is 3. The number of hydrogen-bond acceptors (Lipinski definition) is 5. The van der Waals surface area contributed by atoms with E-state index in [-0.39, 0.29) is 0 Å². The van der Waals surface area contributed by atoms with Crippen LogP contribution in [-0.4, -0.2) is 47.0 Å². The van der Waals surface area contributed by atoms with Gasteiger partial charge >= 0.3 is 0 Å². The summed E-state index contributed by atoms with van der Waals surface area (Å²) in [5.74, 6) is 0. The van der Waals surface area contributed by atoms with Crippen molar-refractivity contribution in [2.45, 2.75) is 44.9 Å². The number of pyridine rings is 1. The first-order valence-electron chi connectivity index (χ1n) is 7.46. The molecule has 1 aliphatic heterocycles. The molecular formula is C15H25N3O2. The lowest BCUT2D eigenvalue weighted by Gasteiger charge is -2.20. The van der Waals surface area contributed by atoms with Crippen LogP contribution in [0.15, 0.2) is 18.3 Å².